The van der Waals surface area contributed by atoms with Gasteiger partial charge in [0, 0.05) is 22.1 Å². The second-order valence-corrected chi connectivity index (χ2v) is 9.82. The largest absolute Gasteiger partial charge is 0.260 e. The van der Waals surface area contributed by atoms with Crippen LogP contribution >= 0.6 is 34.5 Å². The van der Waals surface area contributed by atoms with Gasteiger partial charge in [-0.2, -0.15) is 5.10 Å². The molecule has 5 nitrogen and oxygen atoms in total. The maximum atomic E-state index is 12.8. The molecule has 0 saturated heterocycles. The first-order valence-electron chi connectivity index (χ1n) is 8.20. The van der Waals surface area contributed by atoms with Crippen LogP contribution in [0.3, 0.4) is 0 Å². The van der Waals surface area contributed by atoms with Crippen molar-refractivity contribution in [3.63, 3.8) is 0 Å². The molecule has 3 rings (SSSR count). The topological polar surface area (TPSA) is 64.0 Å². The number of aromatic nitrogens is 2. The quantitative estimate of drug-likeness (QED) is 0.597. The molecule has 2 aromatic heterocycles. The Labute approximate surface area is 173 Å². The highest BCUT2D eigenvalue weighted by molar-refractivity contribution is 7.89. The summed E-state index contributed by atoms with van der Waals surface area (Å²) in [6.07, 6.45) is 0. The molecular formula is C18H19Cl2N3O2S2. The summed E-state index contributed by atoms with van der Waals surface area (Å²) in [5.41, 5.74) is 2.49. The first kappa shape index (κ1) is 20.4. The van der Waals surface area contributed by atoms with Crippen molar-refractivity contribution in [2.24, 2.45) is 0 Å². The lowest BCUT2D eigenvalue weighted by atomic mass is 10.2. The maximum Gasteiger partial charge on any atom is 0.242 e. The average molecular weight is 444 g/mol. The summed E-state index contributed by atoms with van der Waals surface area (Å²) in [6.45, 7) is 5.76. The van der Waals surface area contributed by atoms with Gasteiger partial charge in [-0.25, -0.2) is 13.1 Å². The van der Waals surface area contributed by atoms with E-state index in [1.54, 1.807) is 18.3 Å². The van der Waals surface area contributed by atoms with Crippen LogP contribution in [0.15, 0.2) is 40.6 Å². The van der Waals surface area contributed by atoms with Gasteiger partial charge in [-0.15, -0.1) is 11.3 Å². The molecule has 0 radical (unpaired) electrons. The number of hydrogen-bond donors (Lipinski definition) is 1. The highest BCUT2D eigenvalue weighted by atomic mass is 35.5. The van der Waals surface area contributed by atoms with Crippen molar-refractivity contribution in [2.75, 3.05) is 6.54 Å². The van der Waals surface area contributed by atoms with Gasteiger partial charge in [0.2, 0.25) is 10.0 Å². The van der Waals surface area contributed by atoms with Crippen LogP contribution in [0, 0.1) is 20.8 Å². The molecule has 27 heavy (non-hydrogen) atoms. The molecular weight excluding hydrogens is 425 g/mol. The Morgan fingerprint density at radius 3 is 2.52 bits per heavy atom. The maximum absolute atomic E-state index is 12.8. The van der Waals surface area contributed by atoms with E-state index in [0.717, 1.165) is 16.3 Å². The minimum absolute atomic E-state index is 0.0179. The summed E-state index contributed by atoms with van der Waals surface area (Å²) in [6, 6.07) is 8.56. The highest BCUT2D eigenvalue weighted by Gasteiger charge is 2.24. The Kier molecular flexibility index (Phi) is 5.98. The third-order valence-corrected chi connectivity index (χ3v) is 7.45. The van der Waals surface area contributed by atoms with Gasteiger partial charge in [-0.05, 0) is 56.0 Å². The van der Waals surface area contributed by atoms with Crippen LogP contribution in [0.25, 0.3) is 0 Å². The van der Waals surface area contributed by atoms with Crippen molar-refractivity contribution >= 4 is 44.6 Å². The molecule has 0 aliphatic heterocycles. The fourth-order valence-corrected chi connectivity index (χ4v) is 5.53. The van der Waals surface area contributed by atoms with Crippen LogP contribution in [0.1, 0.15) is 27.9 Å². The number of nitrogens with one attached hydrogen (secondary N) is 1. The van der Waals surface area contributed by atoms with Crippen molar-refractivity contribution < 1.29 is 8.42 Å². The van der Waals surface area contributed by atoms with E-state index in [0.29, 0.717) is 10.6 Å². The van der Waals surface area contributed by atoms with Crippen LogP contribution < -0.4 is 4.72 Å². The molecule has 9 heteroatoms. The van der Waals surface area contributed by atoms with Gasteiger partial charge in [0.05, 0.1) is 16.8 Å². The van der Waals surface area contributed by atoms with Crippen molar-refractivity contribution in [3.8, 4) is 0 Å². The Morgan fingerprint density at radius 1 is 1.19 bits per heavy atom. The van der Waals surface area contributed by atoms with Crippen molar-refractivity contribution in [3.05, 3.63) is 67.6 Å². The number of aryl methyl sites for hydroxylation is 3. The summed E-state index contributed by atoms with van der Waals surface area (Å²) in [5.74, 6) is 0. The average Bonchev–Trinajstić information content (AvgIpc) is 3.21. The lowest BCUT2D eigenvalue weighted by Gasteiger charge is -2.19. The summed E-state index contributed by atoms with van der Waals surface area (Å²) in [7, 11) is -3.81. The van der Waals surface area contributed by atoms with E-state index < -0.39 is 10.0 Å². The zero-order valence-corrected chi connectivity index (χ0v) is 18.2. The number of thiophene rings is 1. The lowest BCUT2D eigenvalue weighted by molar-refractivity contribution is 0.499. The van der Waals surface area contributed by atoms with E-state index in [1.807, 2.05) is 42.1 Å². The second-order valence-electron chi connectivity index (χ2n) is 6.29. The molecule has 2 heterocycles. The number of benzene rings is 1. The SMILES string of the molecule is Cc1cc(C)n(C(CNS(=O)(=O)c2cc(C)c(Cl)cc2Cl)c2cccs2)n1. The summed E-state index contributed by atoms with van der Waals surface area (Å²) in [5, 5.41) is 7.01. The monoisotopic (exact) mass is 443 g/mol. The van der Waals surface area contributed by atoms with Gasteiger partial charge in [0.25, 0.3) is 0 Å². The van der Waals surface area contributed by atoms with E-state index in [1.165, 1.54) is 12.1 Å². The number of hydrogen-bond acceptors (Lipinski definition) is 4. The molecule has 0 aliphatic rings. The fraction of sp³-hybridized carbons (Fsp3) is 0.278. The number of nitrogens with zero attached hydrogens (tertiary/aromatic N) is 2. The number of rotatable bonds is 6. The Hall–Kier alpha value is -1.38. The zero-order chi connectivity index (χ0) is 19.8. The fourth-order valence-electron chi connectivity index (χ4n) is 2.85. The van der Waals surface area contributed by atoms with Gasteiger partial charge in [0.1, 0.15) is 4.90 Å². The minimum Gasteiger partial charge on any atom is -0.260 e. The Bertz CT molecular complexity index is 1060. The third kappa shape index (κ3) is 4.38. The molecule has 0 aliphatic carbocycles. The van der Waals surface area contributed by atoms with Gasteiger partial charge in [-0.1, -0.05) is 29.3 Å². The van der Waals surface area contributed by atoms with Crippen molar-refractivity contribution in [1.29, 1.82) is 0 Å². The first-order valence-corrected chi connectivity index (χ1v) is 11.3. The van der Waals surface area contributed by atoms with Crippen molar-refractivity contribution in [1.82, 2.24) is 14.5 Å². The molecule has 0 amide bonds. The molecule has 1 unspecified atom stereocenters. The van der Waals surface area contributed by atoms with E-state index in [2.05, 4.69) is 9.82 Å². The second kappa shape index (κ2) is 7.93. The standard InChI is InChI=1S/C18H19Cl2N3O2S2/c1-11-7-18(15(20)9-14(11)19)27(24,25)21-10-16(17-5-4-6-26-17)23-13(3)8-12(2)22-23/h4-9,16,21H,10H2,1-3H3. The van der Waals surface area contributed by atoms with Crippen LogP contribution in [0.5, 0.6) is 0 Å². The zero-order valence-electron chi connectivity index (χ0n) is 15.0. The summed E-state index contributed by atoms with van der Waals surface area (Å²) in [4.78, 5) is 1.03. The van der Waals surface area contributed by atoms with E-state index in [4.69, 9.17) is 23.2 Å². The molecule has 1 N–H and O–H groups in total. The first-order chi connectivity index (χ1) is 12.7. The smallest absolute Gasteiger partial charge is 0.242 e. The molecule has 0 fully saturated rings. The van der Waals surface area contributed by atoms with Crippen LogP contribution in [0.4, 0.5) is 0 Å². The van der Waals surface area contributed by atoms with E-state index in [-0.39, 0.29) is 22.5 Å². The Morgan fingerprint density at radius 2 is 1.93 bits per heavy atom. The van der Waals surface area contributed by atoms with Gasteiger partial charge < -0.3 is 0 Å². The van der Waals surface area contributed by atoms with E-state index in [9.17, 15) is 8.42 Å². The summed E-state index contributed by atoms with van der Waals surface area (Å²) >= 11 is 13.7. The minimum atomic E-state index is -3.81. The van der Waals surface area contributed by atoms with Gasteiger partial charge in [-0.3, -0.25) is 4.68 Å². The predicted octanol–water partition coefficient (Wildman–Crippen LogP) is 4.74. The van der Waals surface area contributed by atoms with Crippen LogP contribution in [-0.2, 0) is 10.0 Å². The van der Waals surface area contributed by atoms with Crippen molar-refractivity contribution in [2.45, 2.75) is 31.7 Å². The molecule has 0 saturated carbocycles. The molecule has 3 aromatic rings. The third-order valence-electron chi connectivity index (χ3n) is 4.18. The number of sulfonamides is 1. The van der Waals surface area contributed by atoms with Gasteiger partial charge >= 0.3 is 0 Å². The summed E-state index contributed by atoms with van der Waals surface area (Å²) < 4.78 is 30.2. The normalized spacial score (nSPS) is 13.1. The predicted molar refractivity (Wildman–Crippen MR) is 111 cm³/mol. The van der Waals surface area contributed by atoms with Crippen LogP contribution in [0.2, 0.25) is 10.0 Å². The molecule has 0 bridgehead atoms. The molecule has 144 valence electrons. The molecule has 1 atom stereocenters. The molecule has 0 spiro atoms. The molecule has 1 aromatic carbocycles. The van der Waals surface area contributed by atoms with Crippen LogP contribution in [-0.4, -0.2) is 24.7 Å². The highest BCUT2D eigenvalue weighted by Crippen LogP contribution is 2.29. The Balaban J connectivity index is 1.92. The van der Waals surface area contributed by atoms with E-state index >= 15 is 0 Å². The lowest BCUT2D eigenvalue weighted by Crippen LogP contribution is -2.32. The van der Waals surface area contributed by atoms with Gasteiger partial charge in [0.15, 0.2) is 0 Å². The number of halogens is 2.